The summed E-state index contributed by atoms with van der Waals surface area (Å²) in [5, 5.41) is 5.34. The number of amides is 2. The summed E-state index contributed by atoms with van der Waals surface area (Å²) < 4.78 is 1.65. The molecule has 136 valence electrons. The molecule has 2 amide bonds. The van der Waals surface area contributed by atoms with Gasteiger partial charge in [0, 0.05) is 36.7 Å². The monoisotopic (exact) mass is 354 g/mol. The van der Waals surface area contributed by atoms with Crippen LogP contribution in [-0.2, 0) is 16.6 Å². The second-order valence-electron chi connectivity index (χ2n) is 6.53. The zero-order valence-electron chi connectivity index (χ0n) is 14.7. The lowest BCUT2D eigenvalue weighted by Crippen LogP contribution is -2.42. The maximum absolute atomic E-state index is 12.4. The van der Waals surface area contributed by atoms with Crippen LogP contribution in [-0.4, -0.2) is 33.2 Å². The third-order valence-corrected chi connectivity index (χ3v) is 4.58. The predicted octanol–water partition coefficient (Wildman–Crippen LogP) is 2.04. The van der Waals surface area contributed by atoms with E-state index in [1.807, 2.05) is 0 Å². The van der Waals surface area contributed by atoms with Crippen molar-refractivity contribution in [2.24, 2.45) is 7.05 Å². The van der Waals surface area contributed by atoms with Crippen molar-refractivity contribution >= 4 is 23.3 Å². The molecule has 2 aromatic rings. The van der Waals surface area contributed by atoms with Gasteiger partial charge in [-0.1, -0.05) is 19.3 Å². The molecule has 1 aliphatic carbocycles. The van der Waals surface area contributed by atoms with E-state index in [0.717, 1.165) is 25.7 Å². The minimum Gasteiger partial charge on any atom is -0.345 e. The molecule has 0 atom stereocenters. The van der Waals surface area contributed by atoms with Gasteiger partial charge in [0.05, 0.1) is 0 Å². The number of carbonyl (C=O) groups excluding carboxylic acids is 3. The van der Waals surface area contributed by atoms with E-state index in [1.54, 1.807) is 48.3 Å². The van der Waals surface area contributed by atoms with Crippen molar-refractivity contribution in [1.29, 1.82) is 0 Å². The van der Waals surface area contributed by atoms with Gasteiger partial charge in [0.25, 0.3) is 0 Å². The quantitative estimate of drug-likeness (QED) is 0.649. The number of imidazole rings is 1. The lowest BCUT2D eigenvalue weighted by molar-refractivity contribution is -0.136. The second-order valence-corrected chi connectivity index (χ2v) is 6.53. The number of aryl methyl sites for hydroxylation is 1. The Morgan fingerprint density at radius 3 is 2.35 bits per heavy atom. The van der Waals surface area contributed by atoms with E-state index >= 15 is 0 Å². The maximum atomic E-state index is 12.4. The van der Waals surface area contributed by atoms with Crippen LogP contribution in [0.3, 0.4) is 0 Å². The summed E-state index contributed by atoms with van der Waals surface area (Å²) in [6.45, 7) is 0. The van der Waals surface area contributed by atoms with E-state index in [-0.39, 0.29) is 11.8 Å². The topological polar surface area (TPSA) is 93.1 Å². The molecule has 0 radical (unpaired) electrons. The molecular weight excluding hydrogens is 332 g/mol. The molecule has 7 nitrogen and oxygen atoms in total. The first-order valence-electron chi connectivity index (χ1n) is 8.78. The van der Waals surface area contributed by atoms with Gasteiger partial charge in [-0.05, 0) is 37.1 Å². The Morgan fingerprint density at radius 1 is 1.04 bits per heavy atom. The van der Waals surface area contributed by atoms with Crippen molar-refractivity contribution in [1.82, 2.24) is 14.9 Å². The summed E-state index contributed by atoms with van der Waals surface area (Å²) in [5.41, 5.74) is 0.925. The molecular formula is C19H22N4O3. The number of anilines is 1. The second kappa shape index (κ2) is 7.95. The fourth-order valence-electron chi connectivity index (χ4n) is 3.10. The molecule has 0 saturated heterocycles. The van der Waals surface area contributed by atoms with Crippen molar-refractivity contribution in [2.45, 2.75) is 38.1 Å². The summed E-state index contributed by atoms with van der Waals surface area (Å²) >= 11 is 0. The first-order valence-corrected chi connectivity index (χ1v) is 8.78. The van der Waals surface area contributed by atoms with Gasteiger partial charge in [0.1, 0.15) is 0 Å². The van der Waals surface area contributed by atoms with Crippen LogP contribution >= 0.6 is 0 Å². The number of carbonyl (C=O) groups is 3. The minimum absolute atomic E-state index is 0.0831. The first kappa shape index (κ1) is 17.8. The summed E-state index contributed by atoms with van der Waals surface area (Å²) in [7, 11) is 1.75. The Bertz CT molecular complexity index is 804. The first-order chi connectivity index (χ1) is 12.5. The number of hydrogen-bond donors (Lipinski definition) is 2. The minimum atomic E-state index is -0.696. The zero-order chi connectivity index (χ0) is 18.5. The molecule has 0 unspecified atom stereocenters. The van der Waals surface area contributed by atoms with Crippen LogP contribution in [0.25, 0.3) is 0 Å². The highest BCUT2D eigenvalue weighted by molar-refractivity contribution is 6.39. The number of benzene rings is 1. The number of nitrogens with one attached hydrogen (secondary N) is 2. The van der Waals surface area contributed by atoms with Crippen molar-refractivity contribution < 1.29 is 14.4 Å². The average molecular weight is 354 g/mol. The summed E-state index contributed by atoms with van der Waals surface area (Å²) in [6, 6.07) is 6.49. The van der Waals surface area contributed by atoms with Crippen LogP contribution in [0, 0.1) is 0 Å². The van der Waals surface area contributed by atoms with E-state index in [9.17, 15) is 14.4 Å². The SMILES string of the molecule is Cn1ccnc1C(=O)c1ccc(NC(=O)C(=O)NC2CCCCC2)cc1. The molecule has 1 aliphatic rings. The third kappa shape index (κ3) is 4.17. The summed E-state index contributed by atoms with van der Waals surface area (Å²) in [5.74, 6) is -1.18. The number of rotatable bonds is 4. The number of hydrogen-bond acceptors (Lipinski definition) is 4. The van der Waals surface area contributed by atoms with Crippen molar-refractivity contribution in [3.05, 3.63) is 48.0 Å². The van der Waals surface area contributed by atoms with E-state index in [4.69, 9.17) is 0 Å². The summed E-state index contributed by atoms with van der Waals surface area (Å²) in [4.78, 5) is 40.4. The Labute approximate surface area is 151 Å². The Kier molecular flexibility index (Phi) is 5.46. The average Bonchev–Trinajstić information content (AvgIpc) is 3.08. The van der Waals surface area contributed by atoms with Gasteiger partial charge in [-0.25, -0.2) is 4.98 Å². The Balaban J connectivity index is 1.58. The third-order valence-electron chi connectivity index (χ3n) is 4.58. The molecule has 2 N–H and O–H groups in total. The molecule has 1 aromatic heterocycles. The van der Waals surface area contributed by atoms with E-state index in [1.165, 1.54) is 6.42 Å². The molecule has 26 heavy (non-hydrogen) atoms. The highest BCUT2D eigenvalue weighted by atomic mass is 16.2. The molecule has 1 saturated carbocycles. The highest BCUT2D eigenvalue weighted by Gasteiger charge is 2.20. The lowest BCUT2D eigenvalue weighted by atomic mass is 9.95. The van der Waals surface area contributed by atoms with Crippen molar-refractivity contribution in [2.75, 3.05) is 5.32 Å². The standard InChI is InChI=1S/C19H22N4O3/c1-23-12-11-20-17(23)16(24)13-7-9-15(10-8-13)22-19(26)18(25)21-14-5-3-2-4-6-14/h7-12,14H,2-6H2,1H3,(H,21,25)(H,22,26). The molecule has 0 bridgehead atoms. The van der Waals surface area contributed by atoms with Crippen LogP contribution in [0.2, 0.25) is 0 Å². The molecule has 3 rings (SSSR count). The number of aromatic nitrogens is 2. The molecule has 0 aliphatic heterocycles. The zero-order valence-corrected chi connectivity index (χ0v) is 14.7. The van der Waals surface area contributed by atoms with Crippen LogP contribution in [0.5, 0.6) is 0 Å². The molecule has 1 heterocycles. The molecule has 7 heteroatoms. The van der Waals surface area contributed by atoms with Gasteiger partial charge >= 0.3 is 11.8 Å². The number of ketones is 1. The van der Waals surface area contributed by atoms with Crippen LogP contribution in [0.15, 0.2) is 36.7 Å². The fourth-order valence-corrected chi connectivity index (χ4v) is 3.10. The van der Waals surface area contributed by atoms with Gasteiger partial charge in [-0.2, -0.15) is 0 Å². The van der Waals surface area contributed by atoms with Gasteiger partial charge in [-0.3, -0.25) is 14.4 Å². The normalized spacial score (nSPS) is 14.7. The van der Waals surface area contributed by atoms with Crippen LogP contribution in [0.4, 0.5) is 5.69 Å². The van der Waals surface area contributed by atoms with Crippen LogP contribution < -0.4 is 10.6 Å². The van der Waals surface area contributed by atoms with Gasteiger partial charge in [0.15, 0.2) is 5.82 Å². The van der Waals surface area contributed by atoms with Gasteiger partial charge < -0.3 is 15.2 Å². The van der Waals surface area contributed by atoms with E-state index in [0.29, 0.717) is 17.1 Å². The lowest BCUT2D eigenvalue weighted by Gasteiger charge is -2.22. The smallest absolute Gasteiger partial charge is 0.313 e. The number of nitrogens with zero attached hydrogens (tertiary/aromatic N) is 2. The summed E-state index contributed by atoms with van der Waals surface area (Å²) in [6.07, 6.45) is 8.45. The van der Waals surface area contributed by atoms with Crippen molar-refractivity contribution in [3.63, 3.8) is 0 Å². The fraction of sp³-hybridized carbons (Fsp3) is 0.368. The van der Waals surface area contributed by atoms with E-state index < -0.39 is 11.8 Å². The highest BCUT2D eigenvalue weighted by Crippen LogP contribution is 2.17. The Morgan fingerprint density at radius 2 is 1.73 bits per heavy atom. The molecule has 0 spiro atoms. The van der Waals surface area contributed by atoms with Gasteiger partial charge in [-0.15, -0.1) is 0 Å². The van der Waals surface area contributed by atoms with Crippen LogP contribution in [0.1, 0.15) is 48.3 Å². The maximum Gasteiger partial charge on any atom is 0.313 e. The molecule has 1 fully saturated rings. The van der Waals surface area contributed by atoms with E-state index in [2.05, 4.69) is 15.6 Å². The Hall–Kier alpha value is -2.96. The predicted molar refractivity (Wildman–Crippen MR) is 96.7 cm³/mol. The largest absolute Gasteiger partial charge is 0.345 e. The van der Waals surface area contributed by atoms with Gasteiger partial charge in [0.2, 0.25) is 5.78 Å². The molecule has 1 aromatic carbocycles. The van der Waals surface area contributed by atoms with Crippen molar-refractivity contribution in [3.8, 4) is 0 Å².